The molecule has 6 nitrogen and oxygen atoms in total. The van der Waals surface area contributed by atoms with Gasteiger partial charge >= 0.3 is 5.97 Å². The van der Waals surface area contributed by atoms with Gasteiger partial charge in [0.15, 0.2) is 0 Å². The van der Waals surface area contributed by atoms with Crippen LogP contribution in [0.2, 0.25) is 0 Å². The minimum atomic E-state index is -1.06. The van der Waals surface area contributed by atoms with Gasteiger partial charge in [0.05, 0.1) is 13.2 Å². The predicted molar refractivity (Wildman–Crippen MR) is 81.9 cm³/mol. The Labute approximate surface area is 130 Å². The molecule has 0 aliphatic rings. The van der Waals surface area contributed by atoms with E-state index in [1.54, 1.807) is 0 Å². The molecule has 22 heavy (non-hydrogen) atoms. The number of hydrogen-bond acceptors (Lipinski definition) is 4. The Kier molecular flexibility index (Phi) is 7.56. The Morgan fingerprint density at radius 3 is 2.41 bits per heavy atom. The summed E-state index contributed by atoms with van der Waals surface area (Å²) in [5.41, 5.74) is 2.96. The van der Waals surface area contributed by atoms with Gasteiger partial charge in [-0.15, -0.1) is 0 Å². The van der Waals surface area contributed by atoms with Crippen LogP contribution in [0.25, 0.3) is 0 Å². The molecule has 1 aromatic rings. The number of benzene rings is 1. The van der Waals surface area contributed by atoms with Crippen LogP contribution < -0.4 is 5.32 Å². The Morgan fingerprint density at radius 2 is 1.86 bits per heavy atom. The lowest BCUT2D eigenvalue weighted by atomic mass is 9.96. The van der Waals surface area contributed by atoms with Crippen molar-refractivity contribution in [3.63, 3.8) is 0 Å². The van der Waals surface area contributed by atoms with Crippen LogP contribution in [0.3, 0.4) is 0 Å². The van der Waals surface area contributed by atoms with Crippen molar-refractivity contribution in [3.05, 3.63) is 34.9 Å². The number of carbonyl (C=O) groups excluding carboxylic acids is 1. The molecule has 1 aromatic carbocycles. The zero-order chi connectivity index (χ0) is 16.5. The molecule has 0 unspecified atom stereocenters. The average molecular weight is 309 g/mol. The molecule has 0 aliphatic carbocycles. The van der Waals surface area contributed by atoms with Gasteiger partial charge in [-0.1, -0.05) is 18.2 Å². The molecule has 0 bridgehead atoms. The molecule has 2 N–H and O–H groups in total. The predicted octanol–water partition coefficient (Wildman–Crippen LogP) is 1.08. The van der Waals surface area contributed by atoms with E-state index in [-0.39, 0.29) is 13.0 Å². The van der Waals surface area contributed by atoms with Crippen molar-refractivity contribution in [2.75, 3.05) is 26.9 Å². The van der Waals surface area contributed by atoms with E-state index < -0.39 is 17.9 Å². The third kappa shape index (κ3) is 5.83. The highest BCUT2D eigenvalue weighted by atomic mass is 16.5. The van der Waals surface area contributed by atoms with Gasteiger partial charge in [-0.3, -0.25) is 4.79 Å². The zero-order valence-corrected chi connectivity index (χ0v) is 13.2. The number of rotatable bonds is 9. The first-order valence-corrected chi connectivity index (χ1v) is 7.09. The quantitative estimate of drug-likeness (QED) is 0.667. The van der Waals surface area contributed by atoms with Crippen molar-refractivity contribution in [1.82, 2.24) is 5.32 Å². The molecule has 0 fully saturated rings. The van der Waals surface area contributed by atoms with E-state index in [4.69, 9.17) is 9.47 Å². The monoisotopic (exact) mass is 309 g/mol. The second-order valence-electron chi connectivity index (χ2n) is 5.08. The summed E-state index contributed by atoms with van der Waals surface area (Å²) in [5.74, 6) is -1.51. The van der Waals surface area contributed by atoms with Gasteiger partial charge in [0.2, 0.25) is 5.91 Å². The highest BCUT2D eigenvalue weighted by Crippen LogP contribution is 2.15. The number of carboxylic acids is 1. The molecular formula is C16H23NO5. The number of nitrogens with one attached hydrogen (secondary N) is 1. The minimum absolute atomic E-state index is 0.181. The second kappa shape index (κ2) is 9.17. The normalized spacial score (nSPS) is 12.0. The van der Waals surface area contributed by atoms with Crippen molar-refractivity contribution in [2.45, 2.75) is 26.3 Å². The van der Waals surface area contributed by atoms with E-state index in [1.807, 2.05) is 32.0 Å². The fourth-order valence-corrected chi connectivity index (χ4v) is 2.12. The lowest BCUT2D eigenvalue weighted by Gasteiger charge is -2.17. The lowest BCUT2D eigenvalue weighted by molar-refractivity contribution is -0.142. The molecular weight excluding hydrogens is 286 g/mol. The Morgan fingerprint density at radius 1 is 1.23 bits per heavy atom. The van der Waals surface area contributed by atoms with Crippen molar-refractivity contribution in [2.24, 2.45) is 0 Å². The first kappa shape index (κ1) is 18.1. The highest BCUT2D eigenvalue weighted by Gasteiger charge is 2.21. The molecule has 0 saturated carbocycles. The molecule has 0 saturated heterocycles. The number of ether oxygens (including phenoxy) is 2. The van der Waals surface area contributed by atoms with Gasteiger partial charge in [0.25, 0.3) is 0 Å². The SMILES string of the molecule is COCCOCC(=O)N[C@H](Cc1c(C)cccc1C)C(=O)O. The van der Waals surface area contributed by atoms with Gasteiger partial charge < -0.3 is 19.9 Å². The molecule has 0 aliphatic heterocycles. The summed E-state index contributed by atoms with van der Waals surface area (Å²) >= 11 is 0. The lowest BCUT2D eigenvalue weighted by Crippen LogP contribution is -2.44. The Hall–Kier alpha value is -1.92. The molecule has 122 valence electrons. The number of carbonyl (C=O) groups is 2. The molecule has 0 radical (unpaired) electrons. The molecule has 0 spiro atoms. The van der Waals surface area contributed by atoms with E-state index in [1.165, 1.54) is 7.11 Å². The van der Waals surface area contributed by atoms with E-state index in [9.17, 15) is 14.7 Å². The largest absolute Gasteiger partial charge is 0.480 e. The molecule has 1 rings (SSSR count). The first-order valence-electron chi connectivity index (χ1n) is 7.09. The number of amides is 1. The van der Waals surface area contributed by atoms with Crippen LogP contribution in [0, 0.1) is 13.8 Å². The van der Waals surface area contributed by atoms with Gasteiger partial charge in [0, 0.05) is 13.5 Å². The maximum absolute atomic E-state index is 11.7. The van der Waals surface area contributed by atoms with Crippen molar-refractivity contribution in [1.29, 1.82) is 0 Å². The summed E-state index contributed by atoms with van der Waals surface area (Å²) in [6.45, 7) is 4.35. The zero-order valence-electron chi connectivity index (χ0n) is 13.2. The van der Waals surface area contributed by atoms with E-state index in [0.717, 1.165) is 16.7 Å². The molecule has 6 heteroatoms. The van der Waals surface area contributed by atoms with Gasteiger partial charge in [-0.2, -0.15) is 0 Å². The molecule has 1 amide bonds. The van der Waals surface area contributed by atoms with Crippen LogP contribution in [0.4, 0.5) is 0 Å². The number of hydrogen-bond donors (Lipinski definition) is 2. The number of aryl methyl sites for hydroxylation is 2. The maximum atomic E-state index is 11.7. The van der Waals surface area contributed by atoms with Gasteiger partial charge in [0.1, 0.15) is 12.6 Å². The Balaban J connectivity index is 2.63. The van der Waals surface area contributed by atoms with Crippen LogP contribution in [0.15, 0.2) is 18.2 Å². The van der Waals surface area contributed by atoms with Crippen molar-refractivity contribution < 1.29 is 24.2 Å². The average Bonchev–Trinajstić information content (AvgIpc) is 2.46. The summed E-state index contributed by atoms with van der Waals surface area (Å²) in [6.07, 6.45) is 0.248. The van der Waals surface area contributed by atoms with Crippen LogP contribution in [0.5, 0.6) is 0 Å². The smallest absolute Gasteiger partial charge is 0.326 e. The van der Waals surface area contributed by atoms with Crippen LogP contribution in [-0.4, -0.2) is 50.0 Å². The first-order chi connectivity index (χ1) is 10.5. The minimum Gasteiger partial charge on any atom is -0.480 e. The van der Waals surface area contributed by atoms with E-state index in [2.05, 4.69) is 5.32 Å². The fraction of sp³-hybridized carbons (Fsp3) is 0.500. The van der Waals surface area contributed by atoms with Crippen molar-refractivity contribution in [3.8, 4) is 0 Å². The summed E-state index contributed by atoms with van der Waals surface area (Å²) in [6, 6.07) is 4.80. The van der Waals surface area contributed by atoms with Crippen LogP contribution in [0.1, 0.15) is 16.7 Å². The number of aliphatic carboxylic acids is 1. The topological polar surface area (TPSA) is 84.9 Å². The molecule has 0 heterocycles. The number of methoxy groups -OCH3 is 1. The van der Waals surface area contributed by atoms with Crippen LogP contribution >= 0.6 is 0 Å². The van der Waals surface area contributed by atoms with Gasteiger partial charge in [-0.05, 0) is 30.5 Å². The number of carboxylic acid groups (broad SMARTS) is 1. The molecule has 0 aromatic heterocycles. The highest BCUT2D eigenvalue weighted by molar-refractivity contribution is 5.84. The third-order valence-electron chi connectivity index (χ3n) is 3.35. The molecule has 1 atom stereocenters. The fourth-order valence-electron chi connectivity index (χ4n) is 2.12. The second-order valence-corrected chi connectivity index (χ2v) is 5.08. The standard InChI is InChI=1S/C16H23NO5/c1-11-5-4-6-12(2)13(11)9-14(16(19)20)17-15(18)10-22-8-7-21-3/h4-6,14H,7-10H2,1-3H3,(H,17,18)(H,19,20)/t14-/m1/s1. The summed E-state index contributed by atoms with van der Waals surface area (Å²) in [5, 5.41) is 11.8. The van der Waals surface area contributed by atoms with E-state index in [0.29, 0.717) is 13.2 Å². The van der Waals surface area contributed by atoms with Crippen LogP contribution in [-0.2, 0) is 25.5 Å². The van der Waals surface area contributed by atoms with Gasteiger partial charge in [-0.25, -0.2) is 4.79 Å². The van der Waals surface area contributed by atoms with Crippen molar-refractivity contribution >= 4 is 11.9 Å². The maximum Gasteiger partial charge on any atom is 0.326 e. The summed E-state index contributed by atoms with van der Waals surface area (Å²) in [7, 11) is 1.54. The van der Waals surface area contributed by atoms with E-state index >= 15 is 0 Å². The summed E-state index contributed by atoms with van der Waals surface area (Å²) < 4.78 is 9.88. The third-order valence-corrected chi connectivity index (χ3v) is 3.35. The Bertz CT molecular complexity index is 495. The summed E-state index contributed by atoms with van der Waals surface area (Å²) in [4.78, 5) is 23.1.